The first-order valence-electron chi connectivity index (χ1n) is 4.77. The molecule has 0 saturated heterocycles. The predicted octanol–water partition coefficient (Wildman–Crippen LogP) is 2.16. The maximum atomic E-state index is 10.8. The van der Waals surface area contributed by atoms with Gasteiger partial charge in [-0.05, 0) is 30.4 Å². The predicted molar refractivity (Wildman–Crippen MR) is 50.4 cm³/mol. The van der Waals surface area contributed by atoms with E-state index in [1.54, 1.807) is 6.20 Å². The van der Waals surface area contributed by atoms with Crippen molar-refractivity contribution in [2.24, 2.45) is 5.92 Å². The van der Waals surface area contributed by atoms with Gasteiger partial charge in [0.2, 0.25) is 0 Å². The summed E-state index contributed by atoms with van der Waals surface area (Å²) in [5, 5.41) is 0. The molecule has 0 N–H and O–H groups in total. The molecule has 2 nitrogen and oxygen atoms in total. The smallest absolute Gasteiger partial charge is 0.123 e. The van der Waals surface area contributed by atoms with Gasteiger partial charge in [-0.3, -0.25) is 4.98 Å². The Kier molecular flexibility index (Phi) is 2.39. The van der Waals surface area contributed by atoms with Crippen molar-refractivity contribution in [3.63, 3.8) is 0 Å². The number of carbonyl (C=O) groups is 1. The summed E-state index contributed by atoms with van der Waals surface area (Å²) in [4.78, 5) is 14.9. The van der Waals surface area contributed by atoms with Crippen LogP contribution in [0.4, 0.5) is 0 Å². The third kappa shape index (κ3) is 1.62. The van der Waals surface area contributed by atoms with Crippen LogP contribution >= 0.6 is 0 Å². The van der Waals surface area contributed by atoms with E-state index in [1.807, 2.05) is 12.3 Å². The molecule has 1 fully saturated rings. The van der Waals surface area contributed by atoms with E-state index in [-0.39, 0.29) is 5.92 Å². The van der Waals surface area contributed by atoms with E-state index >= 15 is 0 Å². The van der Waals surface area contributed by atoms with Crippen molar-refractivity contribution in [1.29, 1.82) is 0 Å². The summed E-state index contributed by atoms with van der Waals surface area (Å²) in [7, 11) is 0. The lowest BCUT2D eigenvalue weighted by molar-refractivity contribution is -0.111. The van der Waals surface area contributed by atoms with Crippen LogP contribution in [0.5, 0.6) is 0 Å². The fourth-order valence-electron chi connectivity index (χ4n) is 2.16. The van der Waals surface area contributed by atoms with Crippen LogP contribution in [0.1, 0.15) is 30.7 Å². The summed E-state index contributed by atoms with van der Waals surface area (Å²) in [6.07, 6.45) is 8.10. The molecule has 1 aromatic rings. The molecular weight excluding hydrogens is 162 g/mol. The van der Waals surface area contributed by atoms with Crippen molar-refractivity contribution in [2.45, 2.75) is 25.2 Å². The Labute approximate surface area is 78.0 Å². The van der Waals surface area contributed by atoms with Gasteiger partial charge in [-0.15, -0.1) is 0 Å². The molecule has 13 heavy (non-hydrogen) atoms. The number of aromatic nitrogens is 1. The number of hydrogen-bond acceptors (Lipinski definition) is 2. The summed E-state index contributed by atoms with van der Waals surface area (Å²) in [5.41, 5.74) is 1.22. The number of hydrogen-bond donors (Lipinski definition) is 0. The molecule has 0 amide bonds. The minimum Gasteiger partial charge on any atom is -0.303 e. The first-order chi connectivity index (χ1) is 6.42. The summed E-state index contributed by atoms with van der Waals surface area (Å²) < 4.78 is 0. The Morgan fingerprint density at radius 2 is 2.38 bits per heavy atom. The van der Waals surface area contributed by atoms with Gasteiger partial charge in [0.05, 0.1) is 0 Å². The van der Waals surface area contributed by atoms with Gasteiger partial charge in [-0.25, -0.2) is 0 Å². The monoisotopic (exact) mass is 175 g/mol. The number of carbonyl (C=O) groups excluding carboxylic acids is 1. The maximum absolute atomic E-state index is 10.8. The van der Waals surface area contributed by atoms with Crippen LogP contribution in [0.3, 0.4) is 0 Å². The van der Waals surface area contributed by atoms with Crippen LogP contribution in [0.2, 0.25) is 0 Å². The van der Waals surface area contributed by atoms with Gasteiger partial charge in [0.25, 0.3) is 0 Å². The number of rotatable bonds is 2. The molecule has 1 heterocycles. The molecule has 2 heteroatoms. The summed E-state index contributed by atoms with van der Waals surface area (Å²) in [5.74, 6) is 0.649. The molecule has 0 aliphatic heterocycles. The molecule has 2 unspecified atom stereocenters. The largest absolute Gasteiger partial charge is 0.303 e. The van der Waals surface area contributed by atoms with E-state index in [4.69, 9.17) is 0 Å². The average Bonchev–Trinajstić information content (AvgIpc) is 2.67. The lowest BCUT2D eigenvalue weighted by Crippen LogP contribution is -2.07. The highest BCUT2D eigenvalue weighted by Crippen LogP contribution is 2.37. The lowest BCUT2D eigenvalue weighted by Gasteiger charge is -2.13. The van der Waals surface area contributed by atoms with Crippen molar-refractivity contribution >= 4 is 6.29 Å². The van der Waals surface area contributed by atoms with Gasteiger partial charge in [-0.1, -0.05) is 12.5 Å². The summed E-state index contributed by atoms with van der Waals surface area (Å²) in [6.45, 7) is 0. The minimum absolute atomic E-state index is 0.226. The average molecular weight is 175 g/mol. The second-order valence-electron chi connectivity index (χ2n) is 3.62. The third-order valence-corrected chi connectivity index (χ3v) is 2.86. The minimum atomic E-state index is 0.226. The highest BCUT2D eigenvalue weighted by Gasteiger charge is 2.27. The van der Waals surface area contributed by atoms with E-state index in [0.717, 1.165) is 19.1 Å². The highest BCUT2D eigenvalue weighted by molar-refractivity contribution is 5.56. The number of pyridine rings is 1. The second kappa shape index (κ2) is 3.69. The molecule has 0 aromatic carbocycles. The van der Waals surface area contributed by atoms with Crippen molar-refractivity contribution in [2.75, 3.05) is 0 Å². The molecule has 0 radical (unpaired) electrons. The van der Waals surface area contributed by atoms with Crippen LogP contribution in [0, 0.1) is 5.92 Å². The van der Waals surface area contributed by atoms with Crippen molar-refractivity contribution in [3.05, 3.63) is 30.1 Å². The van der Waals surface area contributed by atoms with E-state index in [2.05, 4.69) is 11.1 Å². The summed E-state index contributed by atoms with van der Waals surface area (Å²) >= 11 is 0. The van der Waals surface area contributed by atoms with E-state index < -0.39 is 0 Å². The maximum Gasteiger partial charge on any atom is 0.123 e. The summed E-state index contributed by atoms with van der Waals surface area (Å²) in [6, 6.07) is 4.01. The van der Waals surface area contributed by atoms with Crippen molar-refractivity contribution < 1.29 is 4.79 Å². The molecule has 1 aliphatic rings. The fourth-order valence-corrected chi connectivity index (χ4v) is 2.16. The Balaban J connectivity index is 2.21. The number of nitrogens with zero attached hydrogens (tertiary/aromatic N) is 1. The van der Waals surface area contributed by atoms with Gasteiger partial charge in [0, 0.05) is 18.3 Å². The zero-order valence-corrected chi connectivity index (χ0v) is 7.52. The van der Waals surface area contributed by atoms with Crippen LogP contribution in [0.15, 0.2) is 24.5 Å². The van der Waals surface area contributed by atoms with Gasteiger partial charge in [-0.2, -0.15) is 0 Å². The zero-order valence-electron chi connectivity index (χ0n) is 7.52. The lowest BCUT2D eigenvalue weighted by atomic mass is 9.91. The Morgan fingerprint density at radius 3 is 3.08 bits per heavy atom. The zero-order chi connectivity index (χ0) is 9.10. The third-order valence-electron chi connectivity index (χ3n) is 2.86. The number of aldehydes is 1. The molecule has 2 rings (SSSR count). The molecule has 1 aliphatic carbocycles. The second-order valence-corrected chi connectivity index (χ2v) is 3.62. The highest BCUT2D eigenvalue weighted by atomic mass is 16.1. The van der Waals surface area contributed by atoms with Crippen LogP contribution in [-0.2, 0) is 4.79 Å². The molecule has 68 valence electrons. The van der Waals surface area contributed by atoms with Crippen LogP contribution in [0.25, 0.3) is 0 Å². The molecule has 0 spiro atoms. The first kappa shape index (κ1) is 8.42. The normalized spacial score (nSPS) is 27.4. The molecule has 0 bridgehead atoms. The standard InChI is InChI=1S/C11H13NO/c13-8-10-3-1-5-11(10)9-4-2-6-12-7-9/h2,4,6-8,10-11H,1,3,5H2. The van der Waals surface area contributed by atoms with E-state index in [9.17, 15) is 4.79 Å². The van der Waals surface area contributed by atoms with E-state index in [0.29, 0.717) is 5.92 Å². The van der Waals surface area contributed by atoms with Gasteiger partial charge >= 0.3 is 0 Å². The van der Waals surface area contributed by atoms with E-state index in [1.165, 1.54) is 12.0 Å². The topological polar surface area (TPSA) is 30.0 Å². The van der Waals surface area contributed by atoms with Gasteiger partial charge in [0.1, 0.15) is 6.29 Å². The molecule has 1 saturated carbocycles. The van der Waals surface area contributed by atoms with Crippen molar-refractivity contribution in [1.82, 2.24) is 4.98 Å². The quantitative estimate of drug-likeness (QED) is 0.645. The fraction of sp³-hybridized carbons (Fsp3) is 0.455. The molecular formula is C11H13NO. The molecule has 2 atom stereocenters. The van der Waals surface area contributed by atoms with Crippen LogP contribution in [-0.4, -0.2) is 11.3 Å². The van der Waals surface area contributed by atoms with Gasteiger partial charge in [0.15, 0.2) is 0 Å². The van der Waals surface area contributed by atoms with Gasteiger partial charge < -0.3 is 4.79 Å². The van der Waals surface area contributed by atoms with Crippen LogP contribution < -0.4 is 0 Å². The molecule has 1 aromatic heterocycles. The Hall–Kier alpha value is -1.18. The first-order valence-corrected chi connectivity index (χ1v) is 4.77. The Bertz CT molecular complexity index is 283. The Morgan fingerprint density at radius 1 is 1.46 bits per heavy atom. The van der Waals surface area contributed by atoms with Crippen molar-refractivity contribution in [3.8, 4) is 0 Å². The SMILES string of the molecule is O=CC1CCCC1c1cccnc1.